The highest BCUT2D eigenvalue weighted by Gasteiger charge is 2.13. The monoisotopic (exact) mass is 502 g/mol. The van der Waals surface area contributed by atoms with Crippen molar-refractivity contribution in [2.75, 3.05) is 19.8 Å². The molecule has 0 saturated carbocycles. The molecule has 0 unspecified atom stereocenters. The molecule has 3 aromatic rings. The number of benzene rings is 3. The minimum atomic E-state index is -0.489. The number of carbonyl (C=O) groups excluding carboxylic acids is 2. The molecule has 7 nitrogen and oxygen atoms in total. The zero-order valence-corrected chi connectivity index (χ0v) is 19.8. The maximum absolute atomic E-state index is 12.5. The maximum Gasteiger partial charge on any atom is 0.273 e. The van der Waals surface area contributed by atoms with E-state index in [9.17, 15) is 9.59 Å². The third-order valence-corrected chi connectivity index (χ3v) is 5.03. The summed E-state index contributed by atoms with van der Waals surface area (Å²) < 4.78 is 16.8. The molecular weight excluding hydrogens is 479 g/mol. The maximum atomic E-state index is 12.5. The van der Waals surface area contributed by atoms with Gasteiger partial charge >= 0.3 is 0 Å². The first-order valence-corrected chi connectivity index (χ1v) is 11.4. The van der Waals surface area contributed by atoms with E-state index >= 15 is 0 Å². The number of rotatable bonds is 11. The van der Waals surface area contributed by atoms with Crippen molar-refractivity contribution in [1.82, 2.24) is 10.9 Å². The SMILES string of the molecule is O=C(CCCOc1ccc(Cl)cc1Cl)NNC(=O)c1ccccc1OCCOc1ccccc1. The van der Waals surface area contributed by atoms with Crippen molar-refractivity contribution < 1.29 is 23.8 Å². The molecule has 2 amide bonds. The first-order chi connectivity index (χ1) is 16.5. The van der Waals surface area contributed by atoms with Gasteiger partial charge in [-0.1, -0.05) is 53.5 Å². The molecule has 0 saturated heterocycles. The summed E-state index contributed by atoms with van der Waals surface area (Å²) in [7, 11) is 0. The van der Waals surface area contributed by atoms with Crippen LogP contribution in [0.1, 0.15) is 23.2 Å². The van der Waals surface area contributed by atoms with E-state index < -0.39 is 5.91 Å². The lowest BCUT2D eigenvalue weighted by atomic mass is 10.2. The van der Waals surface area contributed by atoms with Gasteiger partial charge in [-0.25, -0.2) is 0 Å². The lowest BCUT2D eigenvalue weighted by Gasteiger charge is -2.13. The van der Waals surface area contributed by atoms with E-state index in [2.05, 4.69) is 10.9 Å². The minimum Gasteiger partial charge on any atom is -0.492 e. The number of hydrogen-bond donors (Lipinski definition) is 2. The van der Waals surface area contributed by atoms with E-state index in [1.54, 1.807) is 42.5 Å². The zero-order chi connectivity index (χ0) is 24.2. The fourth-order valence-electron chi connectivity index (χ4n) is 2.87. The van der Waals surface area contributed by atoms with Crippen LogP contribution in [0.4, 0.5) is 0 Å². The number of amides is 2. The zero-order valence-electron chi connectivity index (χ0n) is 18.3. The van der Waals surface area contributed by atoms with Gasteiger partial charge in [0.15, 0.2) is 0 Å². The molecule has 0 radical (unpaired) electrons. The molecule has 0 aromatic heterocycles. The van der Waals surface area contributed by atoms with Crippen LogP contribution in [0, 0.1) is 0 Å². The molecule has 0 aliphatic carbocycles. The van der Waals surface area contributed by atoms with Gasteiger partial charge in [0.1, 0.15) is 30.5 Å². The van der Waals surface area contributed by atoms with Gasteiger partial charge in [-0.2, -0.15) is 0 Å². The summed E-state index contributed by atoms with van der Waals surface area (Å²) in [6.45, 7) is 0.855. The third-order valence-electron chi connectivity index (χ3n) is 4.50. The molecule has 3 aromatic carbocycles. The first kappa shape index (κ1) is 25.2. The van der Waals surface area contributed by atoms with E-state index in [1.165, 1.54) is 0 Å². The first-order valence-electron chi connectivity index (χ1n) is 10.6. The quantitative estimate of drug-likeness (QED) is 0.282. The van der Waals surface area contributed by atoms with Gasteiger partial charge in [-0.05, 0) is 48.9 Å². The Balaban J connectivity index is 1.37. The van der Waals surface area contributed by atoms with Crippen LogP contribution >= 0.6 is 23.2 Å². The second-order valence-corrected chi connectivity index (χ2v) is 7.88. The van der Waals surface area contributed by atoms with Crippen LogP contribution in [0.5, 0.6) is 17.2 Å². The van der Waals surface area contributed by atoms with Gasteiger partial charge in [0.05, 0.1) is 17.2 Å². The average Bonchev–Trinajstić information content (AvgIpc) is 2.85. The van der Waals surface area contributed by atoms with Gasteiger partial charge in [0, 0.05) is 11.4 Å². The molecule has 0 heterocycles. The Bertz CT molecular complexity index is 1100. The lowest BCUT2D eigenvalue weighted by Crippen LogP contribution is -2.41. The van der Waals surface area contributed by atoms with Crippen LogP contribution in [-0.2, 0) is 4.79 Å². The average molecular weight is 503 g/mol. The number of hydrazine groups is 1. The predicted octanol–water partition coefficient (Wildman–Crippen LogP) is 5.07. The molecule has 0 atom stereocenters. The molecule has 0 bridgehead atoms. The fourth-order valence-corrected chi connectivity index (χ4v) is 3.33. The summed E-state index contributed by atoms with van der Waals surface area (Å²) in [5, 5.41) is 0.914. The summed E-state index contributed by atoms with van der Waals surface area (Å²) in [6, 6.07) is 21.0. The fraction of sp³-hybridized carbons (Fsp3) is 0.200. The van der Waals surface area contributed by atoms with Crippen molar-refractivity contribution >= 4 is 35.0 Å². The summed E-state index contributed by atoms with van der Waals surface area (Å²) in [6.07, 6.45) is 0.586. The van der Waals surface area contributed by atoms with Crippen molar-refractivity contribution in [2.24, 2.45) is 0 Å². The van der Waals surface area contributed by atoms with Gasteiger partial charge in [-0.3, -0.25) is 20.4 Å². The highest BCUT2D eigenvalue weighted by Crippen LogP contribution is 2.27. The van der Waals surface area contributed by atoms with Crippen LogP contribution in [0.25, 0.3) is 0 Å². The van der Waals surface area contributed by atoms with Crippen molar-refractivity contribution in [1.29, 1.82) is 0 Å². The predicted molar refractivity (Wildman–Crippen MR) is 131 cm³/mol. The molecular formula is C25H24Cl2N2O5. The number of ether oxygens (including phenoxy) is 3. The molecule has 3 rings (SSSR count). The van der Waals surface area contributed by atoms with Crippen LogP contribution in [0.3, 0.4) is 0 Å². The van der Waals surface area contributed by atoms with Crippen LogP contribution in [0.15, 0.2) is 72.8 Å². The van der Waals surface area contributed by atoms with Crippen LogP contribution in [-0.4, -0.2) is 31.6 Å². The largest absolute Gasteiger partial charge is 0.492 e. The van der Waals surface area contributed by atoms with Crippen molar-refractivity contribution in [3.8, 4) is 17.2 Å². The molecule has 9 heteroatoms. The van der Waals surface area contributed by atoms with E-state index in [0.717, 1.165) is 5.75 Å². The van der Waals surface area contributed by atoms with Crippen LogP contribution in [0.2, 0.25) is 10.0 Å². The van der Waals surface area contributed by atoms with Crippen molar-refractivity contribution in [3.05, 3.63) is 88.4 Å². The topological polar surface area (TPSA) is 85.9 Å². The summed E-state index contributed by atoms with van der Waals surface area (Å²) in [4.78, 5) is 24.6. The highest BCUT2D eigenvalue weighted by molar-refractivity contribution is 6.35. The summed E-state index contributed by atoms with van der Waals surface area (Å²) in [5.74, 6) is 0.775. The number of para-hydroxylation sites is 2. The molecule has 0 fully saturated rings. The number of nitrogens with one attached hydrogen (secondary N) is 2. The third kappa shape index (κ3) is 8.17. The standard InChI is InChI=1S/C25H24Cl2N2O5/c26-18-12-13-23(21(27)17-18)33-14-6-11-24(30)28-29-25(31)20-9-4-5-10-22(20)34-16-15-32-19-7-2-1-3-8-19/h1-5,7-10,12-13,17H,6,11,14-16H2,(H,28,30)(H,29,31). The Morgan fingerprint density at radius 1 is 0.735 bits per heavy atom. The van der Waals surface area contributed by atoms with E-state index in [1.807, 2.05) is 30.3 Å². The Labute approximate surface area is 207 Å². The number of carbonyl (C=O) groups is 2. The molecule has 0 aliphatic heterocycles. The Hall–Kier alpha value is -3.42. The molecule has 178 valence electrons. The lowest BCUT2D eigenvalue weighted by molar-refractivity contribution is -0.122. The number of hydrogen-bond acceptors (Lipinski definition) is 5. The smallest absolute Gasteiger partial charge is 0.273 e. The number of halogens is 2. The van der Waals surface area contributed by atoms with E-state index in [0.29, 0.717) is 40.1 Å². The Morgan fingerprint density at radius 3 is 2.24 bits per heavy atom. The summed E-state index contributed by atoms with van der Waals surface area (Å²) >= 11 is 11.9. The molecule has 2 N–H and O–H groups in total. The normalized spacial score (nSPS) is 10.3. The Morgan fingerprint density at radius 2 is 1.44 bits per heavy atom. The second kappa shape index (κ2) is 13.3. The molecule has 0 spiro atoms. The van der Waals surface area contributed by atoms with Gasteiger partial charge < -0.3 is 14.2 Å². The van der Waals surface area contributed by atoms with E-state index in [-0.39, 0.29) is 25.5 Å². The Kier molecular flexibility index (Phi) is 9.88. The van der Waals surface area contributed by atoms with Crippen LogP contribution < -0.4 is 25.1 Å². The van der Waals surface area contributed by atoms with Gasteiger partial charge in [0.25, 0.3) is 5.91 Å². The van der Waals surface area contributed by atoms with Crippen molar-refractivity contribution in [3.63, 3.8) is 0 Å². The second-order valence-electron chi connectivity index (χ2n) is 7.04. The van der Waals surface area contributed by atoms with Crippen molar-refractivity contribution in [2.45, 2.75) is 12.8 Å². The van der Waals surface area contributed by atoms with E-state index in [4.69, 9.17) is 37.4 Å². The summed E-state index contributed by atoms with van der Waals surface area (Å²) in [5.41, 5.74) is 5.09. The minimum absolute atomic E-state index is 0.153. The molecule has 0 aliphatic rings. The highest BCUT2D eigenvalue weighted by atomic mass is 35.5. The van der Waals surface area contributed by atoms with Gasteiger partial charge in [0.2, 0.25) is 5.91 Å². The van der Waals surface area contributed by atoms with Gasteiger partial charge in [-0.15, -0.1) is 0 Å². The molecule has 34 heavy (non-hydrogen) atoms.